The van der Waals surface area contributed by atoms with Crippen LogP contribution < -0.4 is 5.73 Å². The second kappa shape index (κ2) is 4.33. The molecular formula is C12H16N4O. The Labute approximate surface area is 99.5 Å². The molecule has 0 radical (unpaired) electrons. The molecule has 1 heterocycles. The van der Waals surface area contributed by atoms with Crippen LogP contribution in [0.15, 0.2) is 18.2 Å². The maximum absolute atomic E-state index is 5.71. The van der Waals surface area contributed by atoms with Crippen LogP contribution in [0.2, 0.25) is 0 Å². The van der Waals surface area contributed by atoms with Gasteiger partial charge in [0, 0.05) is 5.69 Å². The Hall–Kier alpha value is -1.62. The van der Waals surface area contributed by atoms with Crippen LogP contribution >= 0.6 is 0 Å². The topological polar surface area (TPSA) is 66.0 Å². The molecule has 1 aromatic heterocycles. The van der Waals surface area contributed by atoms with Gasteiger partial charge in [-0.3, -0.25) is 0 Å². The molecule has 5 nitrogen and oxygen atoms in total. The Morgan fingerprint density at radius 3 is 3.06 bits per heavy atom. The normalized spacial score (nSPS) is 16.2. The molecule has 1 aliphatic carbocycles. The molecule has 3 rings (SSSR count). The standard InChI is InChI=1S/C12H16N4O/c13-9-4-5-12-11(8-9)14-15-16(12)6-7-17-10-2-1-3-10/h4-5,8,10H,1-3,6-7,13H2. The summed E-state index contributed by atoms with van der Waals surface area (Å²) in [7, 11) is 0. The van der Waals surface area contributed by atoms with E-state index in [0.29, 0.717) is 12.7 Å². The summed E-state index contributed by atoms with van der Waals surface area (Å²) in [5.74, 6) is 0. The Balaban J connectivity index is 1.67. The summed E-state index contributed by atoms with van der Waals surface area (Å²) >= 11 is 0. The van der Waals surface area contributed by atoms with Crippen LogP contribution in [0, 0.1) is 0 Å². The van der Waals surface area contributed by atoms with Crippen LogP contribution in [0.1, 0.15) is 19.3 Å². The fourth-order valence-electron chi connectivity index (χ4n) is 2.00. The molecule has 2 aromatic rings. The van der Waals surface area contributed by atoms with Gasteiger partial charge in [-0.15, -0.1) is 5.10 Å². The zero-order valence-electron chi connectivity index (χ0n) is 9.67. The predicted molar refractivity (Wildman–Crippen MR) is 65.5 cm³/mol. The van der Waals surface area contributed by atoms with Gasteiger partial charge in [-0.2, -0.15) is 0 Å². The summed E-state index contributed by atoms with van der Waals surface area (Å²) in [6.45, 7) is 1.45. The van der Waals surface area contributed by atoms with E-state index in [-0.39, 0.29) is 0 Å². The molecule has 1 aliphatic rings. The van der Waals surface area contributed by atoms with E-state index in [9.17, 15) is 0 Å². The van der Waals surface area contributed by atoms with Crippen LogP contribution in [0.4, 0.5) is 5.69 Å². The summed E-state index contributed by atoms with van der Waals surface area (Å²) in [6, 6.07) is 5.66. The van der Waals surface area contributed by atoms with Crippen molar-refractivity contribution in [2.24, 2.45) is 0 Å². The Kier molecular flexibility index (Phi) is 2.68. The van der Waals surface area contributed by atoms with Crippen LogP contribution in [0.25, 0.3) is 11.0 Å². The molecule has 0 amide bonds. The van der Waals surface area contributed by atoms with E-state index in [1.165, 1.54) is 19.3 Å². The SMILES string of the molecule is Nc1ccc2c(c1)nnn2CCOC1CCC1. The summed E-state index contributed by atoms with van der Waals surface area (Å²) in [5.41, 5.74) is 8.27. The first-order valence-electron chi connectivity index (χ1n) is 6.03. The molecule has 5 heteroatoms. The third-order valence-corrected chi connectivity index (χ3v) is 3.25. The summed E-state index contributed by atoms with van der Waals surface area (Å²) in [6.07, 6.45) is 4.18. The summed E-state index contributed by atoms with van der Waals surface area (Å²) in [5, 5.41) is 8.20. The quantitative estimate of drug-likeness (QED) is 0.813. The van der Waals surface area contributed by atoms with Gasteiger partial charge in [0.05, 0.1) is 24.8 Å². The first-order chi connectivity index (χ1) is 8.33. The number of hydrogen-bond acceptors (Lipinski definition) is 4. The van der Waals surface area contributed by atoms with Gasteiger partial charge in [0.2, 0.25) is 0 Å². The van der Waals surface area contributed by atoms with E-state index in [4.69, 9.17) is 10.5 Å². The van der Waals surface area contributed by atoms with E-state index in [0.717, 1.165) is 23.3 Å². The maximum atomic E-state index is 5.71. The largest absolute Gasteiger partial charge is 0.399 e. The van der Waals surface area contributed by atoms with E-state index in [2.05, 4.69) is 10.3 Å². The zero-order valence-corrected chi connectivity index (χ0v) is 9.67. The number of nitrogen functional groups attached to an aromatic ring is 1. The molecule has 0 aliphatic heterocycles. The Morgan fingerprint density at radius 1 is 1.41 bits per heavy atom. The van der Waals surface area contributed by atoms with Crippen molar-refractivity contribution in [3.63, 3.8) is 0 Å². The van der Waals surface area contributed by atoms with Crippen LogP contribution in [-0.4, -0.2) is 27.7 Å². The lowest BCUT2D eigenvalue weighted by Gasteiger charge is -2.25. The minimum Gasteiger partial charge on any atom is -0.399 e. The van der Waals surface area contributed by atoms with Crippen molar-refractivity contribution >= 4 is 16.7 Å². The molecule has 0 unspecified atom stereocenters. The molecular weight excluding hydrogens is 216 g/mol. The van der Waals surface area contributed by atoms with E-state index in [1.54, 1.807) is 0 Å². The number of hydrogen-bond donors (Lipinski definition) is 1. The first kappa shape index (κ1) is 10.5. The highest BCUT2D eigenvalue weighted by molar-refractivity contribution is 5.77. The number of anilines is 1. The summed E-state index contributed by atoms with van der Waals surface area (Å²) < 4.78 is 7.58. The number of nitrogens with two attached hydrogens (primary N) is 1. The molecule has 1 saturated carbocycles. The van der Waals surface area contributed by atoms with Crippen LogP contribution in [0.3, 0.4) is 0 Å². The number of aromatic nitrogens is 3. The molecule has 90 valence electrons. The van der Waals surface area contributed by atoms with Gasteiger partial charge in [-0.25, -0.2) is 4.68 Å². The van der Waals surface area contributed by atoms with Crippen LogP contribution in [-0.2, 0) is 11.3 Å². The number of rotatable bonds is 4. The lowest BCUT2D eigenvalue weighted by atomic mass is 9.96. The first-order valence-corrected chi connectivity index (χ1v) is 6.03. The van der Waals surface area contributed by atoms with Gasteiger partial charge >= 0.3 is 0 Å². The molecule has 1 fully saturated rings. The second-order valence-corrected chi connectivity index (χ2v) is 4.48. The molecule has 0 saturated heterocycles. The third kappa shape index (κ3) is 2.10. The average Bonchev–Trinajstić information content (AvgIpc) is 2.64. The highest BCUT2D eigenvalue weighted by Crippen LogP contribution is 2.22. The van der Waals surface area contributed by atoms with E-state index >= 15 is 0 Å². The van der Waals surface area contributed by atoms with Crippen LogP contribution in [0.5, 0.6) is 0 Å². The minimum absolute atomic E-state index is 0.473. The van der Waals surface area contributed by atoms with Crippen molar-refractivity contribution in [3.05, 3.63) is 18.2 Å². The fourth-order valence-corrected chi connectivity index (χ4v) is 2.00. The molecule has 17 heavy (non-hydrogen) atoms. The average molecular weight is 232 g/mol. The van der Waals surface area contributed by atoms with Gasteiger partial charge in [0.15, 0.2) is 0 Å². The lowest BCUT2D eigenvalue weighted by Crippen LogP contribution is -2.23. The Morgan fingerprint density at radius 2 is 2.29 bits per heavy atom. The van der Waals surface area contributed by atoms with Crippen molar-refractivity contribution in [2.75, 3.05) is 12.3 Å². The molecule has 0 spiro atoms. The fraction of sp³-hybridized carbons (Fsp3) is 0.500. The maximum Gasteiger partial charge on any atom is 0.115 e. The number of fused-ring (bicyclic) bond motifs is 1. The molecule has 0 bridgehead atoms. The van der Waals surface area contributed by atoms with Crippen molar-refractivity contribution in [3.8, 4) is 0 Å². The van der Waals surface area contributed by atoms with Gasteiger partial charge in [-0.1, -0.05) is 5.21 Å². The highest BCUT2D eigenvalue weighted by Gasteiger charge is 2.17. The Bertz CT molecular complexity index is 518. The number of nitrogens with zero attached hydrogens (tertiary/aromatic N) is 3. The number of benzene rings is 1. The molecule has 0 atom stereocenters. The predicted octanol–water partition coefficient (Wildman–Crippen LogP) is 1.58. The van der Waals surface area contributed by atoms with Gasteiger partial charge in [0.25, 0.3) is 0 Å². The number of ether oxygens (including phenoxy) is 1. The summed E-state index contributed by atoms with van der Waals surface area (Å²) in [4.78, 5) is 0. The van der Waals surface area contributed by atoms with Crippen molar-refractivity contribution in [1.82, 2.24) is 15.0 Å². The lowest BCUT2D eigenvalue weighted by molar-refractivity contribution is -0.00212. The smallest absolute Gasteiger partial charge is 0.115 e. The van der Waals surface area contributed by atoms with Crippen molar-refractivity contribution in [1.29, 1.82) is 0 Å². The van der Waals surface area contributed by atoms with E-state index < -0.39 is 0 Å². The minimum atomic E-state index is 0.473. The monoisotopic (exact) mass is 232 g/mol. The van der Waals surface area contributed by atoms with Gasteiger partial charge in [0.1, 0.15) is 5.52 Å². The molecule has 2 N–H and O–H groups in total. The second-order valence-electron chi connectivity index (χ2n) is 4.48. The van der Waals surface area contributed by atoms with Crippen molar-refractivity contribution < 1.29 is 4.74 Å². The highest BCUT2D eigenvalue weighted by atomic mass is 16.5. The van der Waals surface area contributed by atoms with Crippen molar-refractivity contribution in [2.45, 2.75) is 31.9 Å². The van der Waals surface area contributed by atoms with E-state index in [1.807, 2.05) is 22.9 Å². The third-order valence-electron chi connectivity index (χ3n) is 3.25. The van der Waals surface area contributed by atoms with Gasteiger partial charge in [-0.05, 0) is 37.5 Å². The zero-order chi connectivity index (χ0) is 11.7. The molecule has 1 aromatic carbocycles. The van der Waals surface area contributed by atoms with Gasteiger partial charge < -0.3 is 10.5 Å².